The van der Waals surface area contributed by atoms with Gasteiger partial charge in [-0.25, -0.2) is 0 Å². The zero-order chi connectivity index (χ0) is 14.5. The first-order valence-electron chi connectivity index (χ1n) is 6.87. The van der Waals surface area contributed by atoms with Crippen LogP contribution in [0.4, 0.5) is 6.01 Å². The average Bonchev–Trinajstić information content (AvgIpc) is 3.06. The molecule has 0 aliphatic rings. The Bertz CT molecular complexity index is 509. The second-order valence-corrected chi connectivity index (χ2v) is 6.29. The third-order valence-electron chi connectivity index (χ3n) is 3.16. The number of anilines is 1. The maximum absolute atomic E-state index is 5.68. The second-order valence-electron chi connectivity index (χ2n) is 5.26. The largest absolute Gasteiger partial charge is 0.407 e. The van der Waals surface area contributed by atoms with Crippen LogP contribution in [0.1, 0.15) is 31.5 Å². The highest BCUT2D eigenvalue weighted by Gasteiger charge is 2.17. The summed E-state index contributed by atoms with van der Waals surface area (Å²) in [5, 5.41) is 13.6. The molecule has 2 rings (SSSR count). The van der Waals surface area contributed by atoms with Crippen LogP contribution >= 0.6 is 11.3 Å². The van der Waals surface area contributed by atoms with Crippen LogP contribution < -0.4 is 10.2 Å². The fraction of sp³-hybridized carbons (Fsp3) is 0.571. The average molecular weight is 294 g/mol. The van der Waals surface area contributed by atoms with E-state index in [0.29, 0.717) is 30.5 Å². The van der Waals surface area contributed by atoms with E-state index in [-0.39, 0.29) is 0 Å². The Hall–Kier alpha value is -1.40. The predicted molar refractivity (Wildman–Crippen MR) is 82.2 cm³/mol. The van der Waals surface area contributed by atoms with E-state index in [0.717, 1.165) is 6.42 Å². The predicted octanol–water partition coefficient (Wildman–Crippen LogP) is 2.70. The molecule has 2 heterocycles. The van der Waals surface area contributed by atoms with E-state index in [2.05, 4.69) is 53.8 Å². The fourth-order valence-corrected chi connectivity index (χ4v) is 2.62. The minimum atomic E-state index is 0.319. The Balaban J connectivity index is 1.92. The molecule has 0 aliphatic carbocycles. The van der Waals surface area contributed by atoms with E-state index >= 15 is 0 Å². The summed E-state index contributed by atoms with van der Waals surface area (Å²) in [4.78, 5) is 3.40. The van der Waals surface area contributed by atoms with Crippen molar-refractivity contribution in [2.75, 3.05) is 11.9 Å². The van der Waals surface area contributed by atoms with Crippen molar-refractivity contribution in [2.24, 2.45) is 0 Å². The maximum Gasteiger partial charge on any atom is 0.318 e. The van der Waals surface area contributed by atoms with Gasteiger partial charge >= 0.3 is 6.01 Å². The van der Waals surface area contributed by atoms with Crippen molar-refractivity contribution in [3.05, 3.63) is 28.3 Å². The van der Waals surface area contributed by atoms with E-state index in [4.69, 9.17) is 4.42 Å². The van der Waals surface area contributed by atoms with E-state index < -0.39 is 0 Å². The van der Waals surface area contributed by atoms with Gasteiger partial charge in [0, 0.05) is 30.4 Å². The molecular formula is C14H22N4OS. The molecule has 6 heteroatoms. The molecule has 0 aromatic carbocycles. The summed E-state index contributed by atoms with van der Waals surface area (Å²) < 4.78 is 5.68. The molecule has 1 unspecified atom stereocenters. The molecule has 0 saturated carbocycles. The quantitative estimate of drug-likeness (QED) is 0.851. The van der Waals surface area contributed by atoms with Crippen molar-refractivity contribution in [3.8, 4) is 0 Å². The first-order chi connectivity index (χ1) is 9.56. The van der Waals surface area contributed by atoms with Crippen LogP contribution in [0.2, 0.25) is 0 Å². The first-order valence-corrected chi connectivity index (χ1v) is 7.75. The van der Waals surface area contributed by atoms with Gasteiger partial charge in [-0.1, -0.05) is 25.0 Å². The molecule has 20 heavy (non-hydrogen) atoms. The standard InChI is InChI=1S/C14H22N4OS/c1-10(2)15-9-13-16-17-14(19-13)18(4)11(3)8-12-6-5-7-20-12/h5-7,10-11,15H,8-9H2,1-4H3. The van der Waals surface area contributed by atoms with Gasteiger partial charge < -0.3 is 14.6 Å². The molecule has 2 aromatic heterocycles. The van der Waals surface area contributed by atoms with Gasteiger partial charge in [0.15, 0.2) is 0 Å². The van der Waals surface area contributed by atoms with E-state index in [1.165, 1.54) is 4.88 Å². The Morgan fingerprint density at radius 1 is 1.35 bits per heavy atom. The van der Waals surface area contributed by atoms with E-state index in [9.17, 15) is 0 Å². The van der Waals surface area contributed by atoms with Crippen LogP contribution in [0.25, 0.3) is 0 Å². The summed E-state index contributed by atoms with van der Waals surface area (Å²) >= 11 is 1.78. The van der Waals surface area contributed by atoms with Gasteiger partial charge in [0.25, 0.3) is 0 Å². The minimum Gasteiger partial charge on any atom is -0.407 e. The van der Waals surface area contributed by atoms with Gasteiger partial charge in [-0.15, -0.1) is 16.4 Å². The van der Waals surface area contributed by atoms with Crippen LogP contribution in [0.15, 0.2) is 21.9 Å². The normalized spacial score (nSPS) is 12.8. The van der Waals surface area contributed by atoms with Gasteiger partial charge in [0.1, 0.15) is 0 Å². The van der Waals surface area contributed by atoms with Crippen molar-refractivity contribution in [2.45, 2.75) is 45.8 Å². The molecule has 0 radical (unpaired) electrons. The zero-order valence-corrected chi connectivity index (χ0v) is 13.3. The lowest BCUT2D eigenvalue weighted by molar-refractivity contribution is 0.442. The smallest absolute Gasteiger partial charge is 0.318 e. The van der Waals surface area contributed by atoms with Crippen molar-refractivity contribution in [1.82, 2.24) is 15.5 Å². The number of rotatable bonds is 7. The van der Waals surface area contributed by atoms with E-state index in [1.807, 2.05) is 11.9 Å². The number of nitrogens with one attached hydrogen (secondary N) is 1. The Kier molecular flexibility index (Phi) is 5.14. The molecule has 0 spiro atoms. The van der Waals surface area contributed by atoms with Crippen LogP contribution in [-0.2, 0) is 13.0 Å². The SMILES string of the molecule is CC(C)NCc1nnc(N(C)C(C)Cc2cccs2)o1. The molecule has 1 N–H and O–H groups in total. The molecule has 0 aliphatic heterocycles. The maximum atomic E-state index is 5.68. The third kappa shape index (κ3) is 4.05. The molecular weight excluding hydrogens is 272 g/mol. The van der Waals surface area contributed by atoms with Gasteiger partial charge in [-0.2, -0.15) is 0 Å². The van der Waals surface area contributed by atoms with Crippen LogP contribution in [0.3, 0.4) is 0 Å². The van der Waals surface area contributed by atoms with Crippen LogP contribution in [0.5, 0.6) is 0 Å². The molecule has 1 atom stereocenters. The Morgan fingerprint density at radius 3 is 2.80 bits per heavy atom. The van der Waals surface area contributed by atoms with Gasteiger partial charge in [0.2, 0.25) is 5.89 Å². The third-order valence-corrected chi connectivity index (χ3v) is 4.06. The highest BCUT2D eigenvalue weighted by molar-refractivity contribution is 7.09. The molecule has 2 aromatic rings. The fourth-order valence-electron chi connectivity index (χ4n) is 1.80. The minimum absolute atomic E-state index is 0.319. The molecule has 0 bridgehead atoms. The summed E-state index contributed by atoms with van der Waals surface area (Å²) in [6.07, 6.45) is 0.982. The number of hydrogen-bond acceptors (Lipinski definition) is 6. The second kappa shape index (κ2) is 6.85. The van der Waals surface area contributed by atoms with Crippen LogP contribution in [0, 0.1) is 0 Å². The summed E-state index contributed by atoms with van der Waals surface area (Å²) in [6.45, 7) is 6.95. The van der Waals surface area contributed by atoms with Gasteiger partial charge in [0.05, 0.1) is 6.54 Å². The number of aromatic nitrogens is 2. The summed E-state index contributed by atoms with van der Waals surface area (Å²) in [6, 6.07) is 5.53. The Morgan fingerprint density at radius 2 is 2.15 bits per heavy atom. The first kappa shape index (κ1) is 15.0. The molecule has 0 saturated heterocycles. The molecule has 0 amide bonds. The van der Waals surface area contributed by atoms with Crippen molar-refractivity contribution in [3.63, 3.8) is 0 Å². The summed E-state index contributed by atoms with van der Waals surface area (Å²) in [7, 11) is 1.99. The van der Waals surface area contributed by atoms with E-state index in [1.54, 1.807) is 11.3 Å². The summed E-state index contributed by atoms with van der Waals surface area (Å²) in [5.41, 5.74) is 0. The van der Waals surface area contributed by atoms with Crippen molar-refractivity contribution >= 4 is 17.4 Å². The lowest BCUT2D eigenvalue weighted by Crippen LogP contribution is -2.30. The van der Waals surface area contributed by atoms with Crippen LogP contribution in [-0.4, -0.2) is 29.3 Å². The van der Waals surface area contributed by atoms with Crippen molar-refractivity contribution < 1.29 is 4.42 Å². The Labute approximate surface area is 124 Å². The number of nitrogens with zero attached hydrogens (tertiary/aromatic N) is 3. The topological polar surface area (TPSA) is 54.2 Å². The molecule has 110 valence electrons. The lowest BCUT2D eigenvalue weighted by atomic mass is 10.2. The van der Waals surface area contributed by atoms with Gasteiger partial charge in [-0.3, -0.25) is 0 Å². The van der Waals surface area contributed by atoms with Gasteiger partial charge in [-0.05, 0) is 18.4 Å². The molecule has 5 nitrogen and oxygen atoms in total. The zero-order valence-electron chi connectivity index (χ0n) is 12.5. The number of likely N-dealkylation sites (N-methyl/N-ethyl adjacent to an activating group) is 1. The monoisotopic (exact) mass is 294 g/mol. The number of hydrogen-bond donors (Lipinski definition) is 1. The van der Waals surface area contributed by atoms with Crippen molar-refractivity contribution in [1.29, 1.82) is 0 Å². The number of thiophene rings is 1. The summed E-state index contributed by atoms with van der Waals surface area (Å²) in [5.74, 6) is 0.629. The highest BCUT2D eigenvalue weighted by atomic mass is 32.1. The highest BCUT2D eigenvalue weighted by Crippen LogP contribution is 2.18. The molecule has 0 fully saturated rings. The lowest BCUT2D eigenvalue weighted by Gasteiger charge is -2.21.